The number of carbonyl (C=O) groups is 1. The lowest BCUT2D eigenvalue weighted by atomic mass is 9.58. The summed E-state index contributed by atoms with van der Waals surface area (Å²) in [6.07, 6.45) is 3.01. The maximum Gasteiger partial charge on any atom is 0.319 e. The van der Waals surface area contributed by atoms with Gasteiger partial charge in [0.05, 0.1) is 6.61 Å². The molecule has 0 unspecified atom stereocenters. The van der Waals surface area contributed by atoms with Crippen molar-refractivity contribution in [3.8, 4) is 0 Å². The van der Waals surface area contributed by atoms with Crippen LogP contribution >= 0.6 is 15.9 Å². The third-order valence-electron chi connectivity index (χ3n) is 7.87. The van der Waals surface area contributed by atoms with E-state index in [4.69, 9.17) is 24.0 Å². The number of rotatable bonds is 5. The quantitative estimate of drug-likeness (QED) is 0.425. The number of urea groups is 1. The maximum absolute atomic E-state index is 12.2. The van der Waals surface area contributed by atoms with Crippen LogP contribution in [0.25, 0.3) is 0 Å². The minimum Gasteiger partial charge on any atom is -0.350 e. The largest absolute Gasteiger partial charge is 0.350 e. The Hall–Kier alpha value is -1.23. The predicted octanol–water partition coefficient (Wildman–Crippen LogP) is 4.80. The Morgan fingerprint density at radius 2 is 1.94 bits per heavy atom. The molecule has 2 amide bonds. The van der Waals surface area contributed by atoms with E-state index in [0.717, 1.165) is 35.8 Å². The second kappa shape index (κ2) is 9.09. The van der Waals surface area contributed by atoms with Crippen LogP contribution in [0.4, 0.5) is 10.5 Å². The number of amides is 2. The van der Waals surface area contributed by atoms with Gasteiger partial charge in [0.25, 0.3) is 0 Å². The topological polar surface area (TPSA) is 87.3 Å². The first-order valence-electron chi connectivity index (χ1n) is 11.9. The van der Waals surface area contributed by atoms with E-state index in [-0.39, 0.29) is 17.9 Å². The first-order valence-corrected chi connectivity index (χ1v) is 12.7. The Bertz CT molecular complexity index is 871. The van der Waals surface area contributed by atoms with Crippen molar-refractivity contribution in [1.82, 2.24) is 5.32 Å². The first-order chi connectivity index (χ1) is 15.8. The molecule has 1 spiro atoms. The molecule has 5 aliphatic rings. The fraction of sp³-hybridized carbons (Fsp3) is 0.708. The lowest BCUT2D eigenvalue weighted by Crippen LogP contribution is -2.70. The average Bonchev–Trinajstić information content (AvgIpc) is 3.02. The Morgan fingerprint density at radius 3 is 2.73 bits per heavy atom. The van der Waals surface area contributed by atoms with Crippen LogP contribution in [0.1, 0.15) is 46.5 Å². The van der Waals surface area contributed by atoms with Crippen LogP contribution in [-0.2, 0) is 24.0 Å². The summed E-state index contributed by atoms with van der Waals surface area (Å²) in [5.74, 6) is 0.396. The second-order valence-electron chi connectivity index (χ2n) is 10.0. The number of fused-ring (bicyclic) bond motifs is 2. The Kier molecular flexibility index (Phi) is 6.48. The summed E-state index contributed by atoms with van der Waals surface area (Å²) in [5, 5.41) is 5.64. The highest BCUT2D eigenvalue weighted by molar-refractivity contribution is 9.10. The molecule has 4 saturated heterocycles. The summed E-state index contributed by atoms with van der Waals surface area (Å²) in [7, 11) is 0. The summed E-state index contributed by atoms with van der Waals surface area (Å²) in [6, 6.07) is 7.14. The summed E-state index contributed by atoms with van der Waals surface area (Å²) in [4.78, 5) is 24.2. The number of hydrogen-bond acceptors (Lipinski definition) is 6. The minimum atomic E-state index is -0.796. The Labute approximate surface area is 203 Å². The zero-order valence-electron chi connectivity index (χ0n) is 19.3. The molecular formula is C24H33BrN2O6. The van der Waals surface area contributed by atoms with E-state index in [0.29, 0.717) is 25.0 Å². The van der Waals surface area contributed by atoms with Crippen molar-refractivity contribution in [2.75, 3.05) is 18.5 Å². The Balaban J connectivity index is 1.19. The number of benzene rings is 1. The third-order valence-corrected chi connectivity index (χ3v) is 8.40. The zero-order chi connectivity index (χ0) is 23.2. The number of anilines is 1. The van der Waals surface area contributed by atoms with Crippen molar-refractivity contribution >= 4 is 27.6 Å². The third kappa shape index (κ3) is 4.32. The molecule has 4 heterocycles. The molecule has 0 radical (unpaired) electrons. The fourth-order valence-corrected chi connectivity index (χ4v) is 6.38. The first kappa shape index (κ1) is 23.5. The van der Waals surface area contributed by atoms with Gasteiger partial charge in [0.1, 0.15) is 0 Å². The highest BCUT2D eigenvalue weighted by atomic mass is 79.9. The van der Waals surface area contributed by atoms with Gasteiger partial charge in [-0.15, -0.1) is 0 Å². The van der Waals surface area contributed by atoms with E-state index in [1.807, 2.05) is 31.2 Å². The van der Waals surface area contributed by atoms with E-state index in [2.05, 4.69) is 40.4 Å². The molecule has 8 atom stereocenters. The monoisotopic (exact) mass is 524 g/mol. The standard InChI is InChI=1S/C24H33BrN2O6/c1-14-4-9-19-15(2)20(29-13-12-26-22(28)27-17-7-5-16(25)6-8-17)30-21-24(19)18(14)10-11-23(3,31-21)32-33-24/h5-8,14-15,18-21H,4,9-13H2,1-3H3,(H2,26,27,28)/t14-,15-,18+,19+,20+,21-,23+,24-/m1/s1. The lowest BCUT2D eigenvalue weighted by Gasteiger charge is -2.60. The van der Waals surface area contributed by atoms with E-state index < -0.39 is 24.0 Å². The van der Waals surface area contributed by atoms with Crippen molar-refractivity contribution < 1.29 is 28.8 Å². The van der Waals surface area contributed by atoms with E-state index in [1.54, 1.807) is 0 Å². The van der Waals surface area contributed by atoms with Crippen LogP contribution in [0.3, 0.4) is 0 Å². The van der Waals surface area contributed by atoms with Gasteiger partial charge >= 0.3 is 6.03 Å². The molecule has 9 heteroatoms. The molecule has 4 aliphatic heterocycles. The van der Waals surface area contributed by atoms with E-state index >= 15 is 0 Å². The van der Waals surface area contributed by atoms with Crippen molar-refractivity contribution in [2.45, 2.75) is 70.4 Å². The number of hydrogen-bond donors (Lipinski definition) is 2. The van der Waals surface area contributed by atoms with Gasteiger partial charge in [0, 0.05) is 35.0 Å². The summed E-state index contributed by atoms with van der Waals surface area (Å²) >= 11 is 3.38. The normalized spacial score (nSPS) is 41.7. The van der Waals surface area contributed by atoms with Crippen molar-refractivity contribution in [3.05, 3.63) is 28.7 Å². The summed E-state index contributed by atoms with van der Waals surface area (Å²) in [5.41, 5.74) is 0.138. The molecule has 0 aromatic heterocycles. The molecule has 1 aliphatic carbocycles. The van der Waals surface area contributed by atoms with Crippen molar-refractivity contribution in [3.63, 3.8) is 0 Å². The Morgan fingerprint density at radius 1 is 1.15 bits per heavy atom. The number of ether oxygens (including phenoxy) is 3. The molecule has 1 saturated carbocycles. The van der Waals surface area contributed by atoms with Crippen molar-refractivity contribution in [1.29, 1.82) is 0 Å². The SMILES string of the molecule is C[C@H]1[C@@H](OCCNC(=O)Nc2ccc(Br)cc2)O[C@@H]2O[C@]3(C)CC[C@H]4[C@H](C)CC[C@@H]1[C@@]24OO3. The van der Waals surface area contributed by atoms with Gasteiger partial charge in [-0.25, -0.2) is 14.6 Å². The van der Waals surface area contributed by atoms with Gasteiger partial charge in [-0.1, -0.05) is 29.8 Å². The number of halogens is 1. The average molecular weight is 525 g/mol. The molecule has 2 N–H and O–H groups in total. The van der Waals surface area contributed by atoms with Crippen LogP contribution in [0.15, 0.2) is 28.7 Å². The molecule has 33 heavy (non-hydrogen) atoms. The second-order valence-corrected chi connectivity index (χ2v) is 10.9. The van der Waals surface area contributed by atoms with Gasteiger partial charge in [0.2, 0.25) is 5.79 Å². The van der Waals surface area contributed by atoms with Crippen LogP contribution in [0, 0.1) is 23.7 Å². The number of nitrogens with one attached hydrogen (secondary N) is 2. The molecule has 1 aromatic carbocycles. The molecule has 1 aromatic rings. The van der Waals surface area contributed by atoms with Gasteiger partial charge in [0.15, 0.2) is 18.2 Å². The zero-order valence-corrected chi connectivity index (χ0v) is 20.9. The summed E-state index contributed by atoms with van der Waals surface area (Å²) in [6.45, 7) is 7.08. The number of carbonyl (C=O) groups excluding carboxylic acids is 1. The maximum atomic E-state index is 12.2. The molecule has 8 nitrogen and oxygen atoms in total. The molecule has 5 fully saturated rings. The fourth-order valence-electron chi connectivity index (χ4n) is 6.11. The van der Waals surface area contributed by atoms with Gasteiger partial charge in [-0.3, -0.25) is 0 Å². The van der Waals surface area contributed by atoms with Gasteiger partial charge < -0.3 is 24.8 Å². The van der Waals surface area contributed by atoms with Crippen LogP contribution in [0.2, 0.25) is 0 Å². The molecule has 6 rings (SSSR count). The van der Waals surface area contributed by atoms with E-state index in [1.165, 1.54) is 0 Å². The molecule has 2 bridgehead atoms. The molecular weight excluding hydrogens is 492 g/mol. The van der Waals surface area contributed by atoms with Gasteiger partial charge in [-0.2, -0.15) is 0 Å². The predicted molar refractivity (Wildman–Crippen MR) is 124 cm³/mol. The smallest absolute Gasteiger partial charge is 0.319 e. The van der Waals surface area contributed by atoms with Crippen molar-refractivity contribution in [2.24, 2.45) is 23.7 Å². The highest BCUT2D eigenvalue weighted by Crippen LogP contribution is 2.60. The van der Waals surface area contributed by atoms with Crippen LogP contribution in [-0.4, -0.2) is 43.2 Å². The minimum absolute atomic E-state index is 0.113. The highest BCUT2D eigenvalue weighted by Gasteiger charge is 2.69. The van der Waals surface area contributed by atoms with Gasteiger partial charge in [-0.05, 0) is 62.3 Å². The van der Waals surface area contributed by atoms with Crippen LogP contribution in [0.5, 0.6) is 0 Å². The van der Waals surface area contributed by atoms with E-state index in [9.17, 15) is 4.79 Å². The summed E-state index contributed by atoms with van der Waals surface area (Å²) < 4.78 is 19.8. The van der Waals surface area contributed by atoms with Crippen LogP contribution < -0.4 is 10.6 Å². The lowest BCUT2D eigenvalue weighted by molar-refractivity contribution is -0.577. The molecule has 182 valence electrons.